The van der Waals surface area contributed by atoms with Crippen molar-refractivity contribution in [2.45, 2.75) is 6.54 Å². The Morgan fingerprint density at radius 2 is 2.05 bits per heavy atom. The third-order valence-electron chi connectivity index (χ3n) is 2.82. The number of aromatic nitrogens is 1. The molecule has 0 saturated carbocycles. The molecule has 1 aromatic carbocycles. The highest BCUT2D eigenvalue weighted by Gasteiger charge is 2.06. The highest BCUT2D eigenvalue weighted by Crippen LogP contribution is 2.18. The molecule has 1 amide bonds. The molecule has 0 spiro atoms. The van der Waals surface area contributed by atoms with E-state index in [1.54, 1.807) is 12.1 Å². The van der Waals surface area contributed by atoms with Crippen LogP contribution in [0.5, 0.6) is 0 Å². The standard InChI is InChI=1S/C15H13ClFN3O2/c16-13-5-11(9-21)7-19-15(13)20-8-14(22)18-6-10-1-3-12(17)4-2-10/h1-5,7,9H,6,8H2,(H,18,22)(H,19,20). The van der Waals surface area contributed by atoms with E-state index in [0.29, 0.717) is 24.2 Å². The molecule has 0 bridgehead atoms. The number of carbonyl (C=O) groups is 2. The first-order valence-corrected chi connectivity index (χ1v) is 6.82. The van der Waals surface area contributed by atoms with Crippen LogP contribution in [0.4, 0.5) is 10.2 Å². The van der Waals surface area contributed by atoms with Crippen molar-refractivity contribution in [3.8, 4) is 0 Å². The molecule has 1 aromatic heterocycles. The highest BCUT2D eigenvalue weighted by molar-refractivity contribution is 6.33. The van der Waals surface area contributed by atoms with Gasteiger partial charge in [-0.1, -0.05) is 23.7 Å². The molecule has 7 heteroatoms. The number of hydrogen-bond donors (Lipinski definition) is 2. The fourth-order valence-electron chi connectivity index (χ4n) is 1.68. The van der Waals surface area contributed by atoms with Crippen LogP contribution in [0.3, 0.4) is 0 Å². The fourth-order valence-corrected chi connectivity index (χ4v) is 1.92. The maximum Gasteiger partial charge on any atom is 0.239 e. The summed E-state index contributed by atoms with van der Waals surface area (Å²) in [6, 6.07) is 7.32. The molecule has 114 valence electrons. The monoisotopic (exact) mass is 321 g/mol. The van der Waals surface area contributed by atoms with Crippen LogP contribution in [0, 0.1) is 5.82 Å². The molecule has 0 radical (unpaired) electrons. The molecule has 2 rings (SSSR count). The van der Waals surface area contributed by atoms with Crippen molar-refractivity contribution < 1.29 is 14.0 Å². The van der Waals surface area contributed by atoms with Crippen LogP contribution >= 0.6 is 11.6 Å². The predicted molar refractivity (Wildman–Crippen MR) is 81.4 cm³/mol. The summed E-state index contributed by atoms with van der Waals surface area (Å²) in [5.74, 6) is -0.262. The van der Waals surface area contributed by atoms with E-state index in [9.17, 15) is 14.0 Å². The average Bonchev–Trinajstić information content (AvgIpc) is 2.53. The van der Waals surface area contributed by atoms with Crippen molar-refractivity contribution in [2.75, 3.05) is 11.9 Å². The average molecular weight is 322 g/mol. The first-order valence-electron chi connectivity index (χ1n) is 6.44. The van der Waals surface area contributed by atoms with Crippen LogP contribution in [0.2, 0.25) is 5.02 Å². The van der Waals surface area contributed by atoms with Crippen molar-refractivity contribution in [1.29, 1.82) is 0 Å². The Morgan fingerprint density at radius 1 is 1.32 bits per heavy atom. The second-order valence-corrected chi connectivity index (χ2v) is 4.88. The van der Waals surface area contributed by atoms with Crippen LogP contribution in [-0.2, 0) is 11.3 Å². The molecule has 0 atom stereocenters. The van der Waals surface area contributed by atoms with Crippen molar-refractivity contribution in [2.24, 2.45) is 0 Å². The lowest BCUT2D eigenvalue weighted by Crippen LogP contribution is -2.29. The Labute approximate surface area is 131 Å². The van der Waals surface area contributed by atoms with E-state index in [2.05, 4.69) is 15.6 Å². The molecule has 2 N–H and O–H groups in total. The van der Waals surface area contributed by atoms with E-state index < -0.39 is 0 Å². The number of nitrogens with one attached hydrogen (secondary N) is 2. The third-order valence-corrected chi connectivity index (χ3v) is 3.11. The Hall–Kier alpha value is -2.47. The minimum absolute atomic E-state index is 0.0195. The van der Waals surface area contributed by atoms with Crippen LogP contribution in [0.1, 0.15) is 15.9 Å². The molecule has 0 saturated heterocycles. The van der Waals surface area contributed by atoms with Crippen LogP contribution < -0.4 is 10.6 Å². The molecule has 0 aliphatic rings. The summed E-state index contributed by atoms with van der Waals surface area (Å²) in [7, 11) is 0. The lowest BCUT2D eigenvalue weighted by atomic mass is 10.2. The number of benzene rings is 1. The largest absolute Gasteiger partial charge is 0.360 e. The lowest BCUT2D eigenvalue weighted by molar-refractivity contribution is -0.119. The number of aldehydes is 1. The Kier molecular flexibility index (Phi) is 5.43. The molecular weight excluding hydrogens is 309 g/mol. The molecular formula is C15H13ClFN3O2. The van der Waals surface area contributed by atoms with Gasteiger partial charge in [-0.2, -0.15) is 0 Å². The molecule has 1 heterocycles. The number of nitrogens with zero attached hydrogens (tertiary/aromatic N) is 1. The van der Waals surface area contributed by atoms with Crippen LogP contribution in [0.15, 0.2) is 36.5 Å². The van der Waals surface area contributed by atoms with Crippen molar-refractivity contribution in [3.63, 3.8) is 0 Å². The van der Waals surface area contributed by atoms with Gasteiger partial charge in [-0.15, -0.1) is 0 Å². The first kappa shape index (κ1) is 15.9. The van der Waals surface area contributed by atoms with Crippen molar-refractivity contribution in [1.82, 2.24) is 10.3 Å². The van der Waals surface area contributed by atoms with E-state index in [-0.39, 0.29) is 23.3 Å². The second-order valence-electron chi connectivity index (χ2n) is 4.47. The van der Waals surface area contributed by atoms with E-state index in [0.717, 1.165) is 5.56 Å². The number of rotatable bonds is 6. The number of hydrogen-bond acceptors (Lipinski definition) is 4. The zero-order valence-electron chi connectivity index (χ0n) is 11.5. The quantitative estimate of drug-likeness (QED) is 0.802. The van der Waals surface area contributed by atoms with Gasteiger partial charge in [0, 0.05) is 18.3 Å². The Morgan fingerprint density at radius 3 is 2.68 bits per heavy atom. The van der Waals surface area contributed by atoms with Gasteiger partial charge in [-0.05, 0) is 23.8 Å². The molecule has 5 nitrogen and oxygen atoms in total. The Balaban J connectivity index is 1.82. The van der Waals surface area contributed by atoms with Crippen LogP contribution in [-0.4, -0.2) is 23.7 Å². The normalized spacial score (nSPS) is 10.1. The van der Waals surface area contributed by atoms with Gasteiger partial charge in [0.2, 0.25) is 5.91 Å². The van der Waals surface area contributed by atoms with Gasteiger partial charge >= 0.3 is 0 Å². The van der Waals surface area contributed by atoms with Gasteiger partial charge in [-0.25, -0.2) is 9.37 Å². The summed E-state index contributed by atoms with van der Waals surface area (Å²) in [6.45, 7) is 0.278. The fraction of sp³-hybridized carbons (Fsp3) is 0.133. The van der Waals surface area contributed by atoms with E-state index in [1.165, 1.54) is 24.4 Å². The summed E-state index contributed by atoms with van der Waals surface area (Å²) < 4.78 is 12.7. The molecule has 0 unspecified atom stereocenters. The molecule has 0 aliphatic heterocycles. The SMILES string of the molecule is O=Cc1cnc(NCC(=O)NCc2ccc(F)cc2)c(Cl)c1. The van der Waals surface area contributed by atoms with Gasteiger partial charge < -0.3 is 10.6 Å². The van der Waals surface area contributed by atoms with Gasteiger partial charge in [0.1, 0.15) is 11.6 Å². The highest BCUT2D eigenvalue weighted by atomic mass is 35.5. The third kappa shape index (κ3) is 4.53. The topological polar surface area (TPSA) is 71.1 Å². The minimum Gasteiger partial charge on any atom is -0.360 e. The maximum atomic E-state index is 12.7. The molecule has 2 aromatic rings. The predicted octanol–water partition coefficient (Wildman–Crippen LogP) is 2.41. The lowest BCUT2D eigenvalue weighted by Gasteiger charge is -2.08. The van der Waals surface area contributed by atoms with E-state index in [1.807, 2.05) is 0 Å². The van der Waals surface area contributed by atoms with E-state index in [4.69, 9.17) is 11.6 Å². The minimum atomic E-state index is -0.323. The number of anilines is 1. The van der Waals surface area contributed by atoms with Crippen molar-refractivity contribution in [3.05, 3.63) is 58.5 Å². The Bertz CT molecular complexity index is 677. The summed E-state index contributed by atoms with van der Waals surface area (Å²) in [4.78, 5) is 26.2. The molecule has 22 heavy (non-hydrogen) atoms. The zero-order chi connectivity index (χ0) is 15.9. The second kappa shape index (κ2) is 7.51. The van der Waals surface area contributed by atoms with Gasteiger partial charge in [0.15, 0.2) is 6.29 Å². The number of amides is 1. The molecule has 0 fully saturated rings. The number of carbonyl (C=O) groups excluding carboxylic acids is 2. The summed E-state index contributed by atoms with van der Waals surface area (Å²) in [5, 5.41) is 5.72. The van der Waals surface area contributed by atoms with Gasteiger partial charge in [-0.3, -0.25) is 9.59 Å². The zero-order valence-corrected chi connectivity index (χ0v) is 12.2. The smallest absolute Gasteiger partial charge is 0.239 e. The van der Waals surface area contributed by atoms with Gasteiger partial charge in [0.25, 0.3) is 0 Å². The maximum absolute atomic E-state index is 12.7. The van der Waals surface area contributed by atoms with Crippen molar-refractivity contribution >= 4 is 29.6 Å². The number of pyridine rings is 1. The van der Waals surface area contributed by atoms with Gasteiger partial charge in [0.05, 0.1) is 11.6 Å². The molecule has 0 aliphatic carbocycles. The van der Waals surface area contributed by atoms with Crippen LogP contribution in [0.25, 0.3) is 0 Å². The van der Waals surface area contributed by atoms with E-state index >= 15 is 0 Å². The summed E-state index contributed by atoms with van der Waals surface area (Å²) >= 11 is 5.93. The summed E-state index contributed by atoms with van der Waals surface area (Å²) in [6.07, 6.45) is 2.00. The summed E-state index contributed by atoms with van der Waals surface area (Å²) in [5.41, 5.74) is 1.15. The number of halogens is 2. The first-order chi connectivity index (χ1) is 10.6.